The summed E-state index contributed by atoms with van der Waals surface area (Å²) < 4.78 is 5.09. The molecule has 19 heavy (non-hydrogen) atoms. The van der Waals surface area contributed by atoms with E-state index in [1.165, 1.54) is 0 Å². The number of anilines is 2. The monoisotopic (exact) mass is 277 g/mol. The molecule has 0 radical (unpaired) electrons. The molecule has 0 aliphatic carbocycles. The maximum absolute atomic E-state index is 6.02. The lowest BCUT2D eigenvalue weighted by molar-refractivity contribution is 0.397. The molecular weight excluding hydrogens is 262 g/mol. The maximum Gasteiger partial charge on any atom is 0.213 e. The number of nitrogens with zero attached hydrogens (tertiary/aromatic N) is 1. The minimum atomic E-state index is 0.556. The average molecular weight is 278 g/mol. The van der Waals surface area contributed by atoms with Crippen molar-refractivity contribution in [2.45, 2.75) is 13.5 Å². The Bertz CT molecular complexity index is 587. The molecular formula is C14H16ClN3O. The minimum absolute atomic E-state index is 0.556. The first kappa shape index (κ1) is 13.5. The number of aromatic nitrogens is 1. The summed E-state index contributed by atoms with van der Waals surface area (Å²) >= 11 is 6.02. The summed E-state index contributed by atoms with van der Waals surface area (Å²) in [5, 5.41) is 3.88. The molecule has 5 heteroatoms. The molecule has 0 saturated heterocycles. The van der Waals surface area contributed by atoms with Crippen LogP contribution in [0.25, 0.3) is 0 Å². The summed E-state index contributed by atoms with van der Waals surface area (Å²) in [5.74, 6) is 0.603. The van der Waals surface area contributed by atoms with Crippen molar-refractivity contribution in [3.05, 3.63) is 46.6 Å². The quantitative estimate of drug-likeness (QED) is 0.842. The van der Waals surface area contributed by atoms with E-state index < -0.39 is 0 Å². The van der Waals surface area contributed by atoms with Crippen molar-refractivity contribution >= 4 is 23.0 Å². The number of methoxy groups -OCH3 is 1. The Balaban J connectivity index is 2.12. The zero-order valence-electron chi connectivity index (χ0n) is 10.9. The van der Waals surface area contributed by atoms with Gasteiger partial charge in [-0.15, -0.1) is 0 Å². The fraction of sp³-hybridized carbons (Fsp3) is 0.214. The Morgan fingerprint density at radius 3 is 2.89 bits per heavy atom. The molecule has 1 aromatic heterocycles. The van der Waals surface area contributed by atoms with Crippen LogP contribution in [-0.2, 0) is 6.54 Å². The third kappa shape index (κ3) is 3.29. The number of rotatable bonds is 4. The fourth-order valence-corrected chi connectivity index (χ4v) is 1.93. The Morgan fingerprint density at radius 1 is 1.37 bits per heavy atom. The lowest BCUT2D eigenvalue weighted by Gasteiger charge is -2.12. The number of aryl methyl sites for hydroxylation is 1. The van der Waals surface area contributed by atoms with E-state index in [2.05, 4.69) is 10.3 Å². The molecule has 1 heterocycles. The summed E-state index contributed by atoms with van der Waals surface area (Å²) in [5.41, 5.74) is 9.45. The van der Waals surface area contributed by atoms with Gasteiger partial charge in [0.1, 0.15) is 0 Å². The van der Waals surface area contributed by atoms with Gasteiger partial charge in [0.2, 0.25) is 5.88 Å². The van der Waals surface area contributed by atoms with Gasteiger partial charge in [0.05, 0.1) is 17.8 Å². The van der Waals surface area contributed by atoms with Crippen molar-refractivity contribution in [1.29, 1.82) is 0 Å². The van der Waals surface area contributed by atoms with E-state index in [-0.39, 0.29) is 0 Å². The van der Waals surface area contributed by atoms with Crippen LogP contribution in [0.1, 0.15) is 11.1 Å². The molecule has 0 saturated carbocycles. The Kier molecular flexibility index (Phi) is 4.12. The molecule has 2 aromatic rings. The zero-order chi connectivity index (χ0) is 13.8. The first-order valence-electron chi connectivity index (χ1n) is 5.88. The van der Waals surface area contributed by atoms with E-state index >= 15 is 0 Å². The second kappa shape index (κ2) is 5.80. The molecule has 0 amide bonds. The molecule has 0 unspecified atom stereocenters. The third-order valence-corrected chi connectivity index (χ3v) is 3.16. The molecule has 0 atom stereocenters. The van der Waals surface area contributed by atoms with E-state index in [0.717, 1.165) is 16.8 Å². The highest BCUT2D eigenvalue weighted by atomic mass is 35.5. The molecule has 0 spiro atoms. The van der Waals surface area contributed by atoms with Gasteiger partial charge in [0.25, 0.3) is 0 Å². The second-order valence-corrected chi connectivity index (χ2v) is 4.66. The number of nitrogen functional groups attached to an aromatic ring is 1. The molecule has 100 valence electrons. The Morgan fingerprint density at radius 2 is 2.16 bits per heavy atom. The molecule has 1 aromatic carbocycles. The largest absolute Gasteiger partial charge is 0.481 e. The molecule has 0 fully saturated rings. The normalized spacial score (nSPS) is 10.3. The topological polar surface area (TPSA) is 60.2 Å². The van der Waals surface area contributed by atoms with Crippen molar-refractivity contribution in [3.8, 4) is 5.88 Å². The molecule has 3 N–H and O–H groups in total. The van der Waals surface area contributed by atoms with E-state index in [1.54, 1.807) is 13.3 Å². The van der Waals surface area contributed by atoms with Crippen LogP contribution in [0.3, 0.4) is 0 Å². The summed E-state index contributed by atoms with van der Waals surface area (Å²) in [6, 6.07) is 7.52. The summed E-state index contributed by atoms with van der Waals surface area (Å²) in [6.45, 7) is 2.65. The maximum atomic E-state index is 6.02. The van der Waals surface area contributed by atoms with Gasteiger partial charge in [-0.25, -0.2) is 4.98 Å². The number of nitrogens with two attached hydrogens (primary N) is 1. The smallest absolute Gasteiger partial charge is 0.213 e. The SMILES string of the molecule is COc1cc(CNc2cc(Cl)c(N)cc2C)ccn1. The van der Waals surface area contributed by atoms with Crippen LogP contribution < -0.4 is 15.8 Å². The number of nitrogens with one attached hydrogen (secondary N) is 1. The summed E-state index contributed by atoms with van der Waals surface area (Å²) in [4.78, 5) is 4.07. The lowest BCUT2D eigenvalue weighted by atomic mass is 10.1. The summed E-state index contributed by atoms with van der Waals surface area (Å²) in [6.07, 6.45) is 1.72. The minimum Gasteiger partial charge on any atom is -0.481 e. The van der Waals surface area contributed by atoms with Crippen molar-refractivity contribution in [2.24, 2.45) is 0 Å². The van der Waals surface area contributed by atoms with Gasteiger partial charge in [0.15, 0.2) is 0 Å². The highest BCUT2D eigenvalue weighted by Crippen LogP contribution is 2.27. The van der Waals surface area contributed by atoms with E-state index in [1.807, 2.05) is 31.2 Å². The van der Waals surface area contributed by atoms with Crippen LogP contribution >= 0.6 is 11.6 Å². The molecule has 4 nitrogen and oxygen atoms in total. The van der Waals surface area contributed by atoms with Crippen molar-refractivity contribution in [2.75, 3.05) is 18.2 Å². The number of halogens is 1. The standard InChI is InChI=1S/C14H16ClN3O/c1-9-5-12(16)11(15)7-13(9)18-8-10-3-4-17-14(6-10)19-2/h3-7,18H,8,16H2,1-2H3. The lowest BCUT2D eigenvalue weighted by Crippen LogP contribution is -2.02. The van der Waals surface area contributed by atoms with Crippen LogP contribution in [0, 0.1) is 6.92 Å². The first-order valence-corrected chi connectivity index (χ1v) is 6.26. The van der Waals surface area contributed by atoms with Crippen LogP contribution in [0.15, 0.2) is 30.5 Å². The van der Waals surface area contributed by atoms with Gasteiger partial charge in [0, 0.05) is 24.5 Å². The number of benzene rings is 1. The molecule has 2 rings (SSSR count). The summed E-state index contributed by atoms with van der Waals surface area (Å²) in [7, 11) is 1.60. The molecule has 0 aliphatic rings. The average Bonchev–Trinajstić information content (AvgIpc) is 2.41. The van der Waals surface area contributed by atoms with Gasteiger partial charge in [-0.05, 0) is 36.2 Å². The number of hydrogen-bond acceptors (Lipinski definition) is 4. The van der Waals surface area contributed by atoms with Gasteiger partial charge in [-0.2, -0.15) is 0 Å². The predicted molar refractivity (Wildman–Crippen MR) is 78.7 cm³/mol. The van der Waals surface area contributed by atoms with Crippen LogP contribution in [-0.4, -0.2) is 12.1 Å². The van der Waals surface area contributed by atoms with Crippen molar-refractivity contribution in [3.63, 3.8) is 0 Å². The van der Waals surface area contributed by atoms with Crippen LogP contribution in [0.2, 0.25) is 5.02 Å². The third-order valence-electron chi connectivity index (χ3n) is 2.84. The fourth-order valence-electron chi connectivity index (χ4n) is 1.76. The van der Waals surface area contributed by atoms with E-state index in [4.69, 9.17) is 22.1 Å². The van der Waals surface area contributed by atoms with Gasteiger partial charge < -0.3 is 15.8 Å². The van der Waals surface area contributed by atoms with Crippen LogP contribution in [0.5, 0.6) is 5.88 Å². The second-order valence-electron chi connectivity index (χ2n) is 4.25. The highest BCUT2D eigenvalue weighted by Gasteiger charge is 2.04. The van der Waals surface area contributed by atoms with E-state index in [0.29, 0.717) is 23.1 Å². The van der Waals surface area contributed by atoms with E-state index in [9.17, 15) is 0 Å². The molecule has 0 bridgehead atoms. The molecule has 0 aliphatic heterocycles. The Labute approximate surface area is 117 Å². The highest BCUT2D eigenvalue weighted by molar-refractivity contribution is 6.33. The zero-order valence-corrected chi connectivity index (χ0v) is 11.7. The van der Waals surface area contributed by atoms with Crippen molar-refractivity contribution < 1.29 is 4.74 Å². The van der Waals surface area contributed by atoms with Gasteiger partial charge >= 0.3 is 0 Å². The van der Waals surface area contributed by atoms with Gasteiger partial charge in [-0.1, -0.05) is 11.6 Å². The first-order chi connectivity index (χ1) is 9.10. The number of pyridine rings is 1. The van der Waals surface area contributed by atoms with Gasteiger partial charge in [-0.3, -0.25) is 0 Å². The predicted octanol–water partition coefficient (Wildman–Crippen LogP) is 3.25. The number of hydrogen-bond donors (Lipinski definition) is 2. The van der Waals surface area contributed by atoms with Crippen molar-refractivity contribution in [1.82, 2.24) is 4.98 Å². The Hall–Kier alpha value is -1.94. The van der Waals surface area contributed by atoms with Crippen LogP contribution in [0.4, 0.5) is 11.4 Å². The number of ether oxygens (including phenoxy) is 1.